The molecule has 0 aromatic heterocycles. The van der Waals surface area contributed by atoms with Gasteiger partial charge in [-0.05, 0) is 31.0 Å². The van der Waals surface area contributed by atoms with E-state index in [0.717, 1.165) is 19.0 Å². The second kappa shape index (κ2) is 7.63. The molecule has 1 heterocycles. The molecular formula is C13H18ClF3N2O2S. The van der Waals surface area contributed by atoms with Crippen LogP contribution in [-0.2, 0) is 22.0 Å². The monoisotopic (exact) mass is 358 g/mol. The van der Waals surface area contributed by atoms with E-state index in [1.807, 2.05) is 0 Å². The van der Waals surface area contributed by atoms with Crippen LogP contribution < -0.4 is 10.0 Å². The molecule has 1 aliphatic heterocycles. The zero-order valence-corrected chi connectivity index (χ0v) is 13.3. The van der Waals surface area contributed by atoms with Crippen LogP contribution in [0.2, 0.25) is 0 Å². The molecule has 0 radical (unpaired) electrons. The van der Waals surface area contributed by atoms with Gasteiger partial charge in [0.15, 0.2) is 0 Å². The highest BCUT2D eigenvalue weighted by molar-refractivity contribution is 7.88. The molecule has 0 spiro atoms. The first-order chi connectivity index (χ1) is 9.78. The van der Waals surface area contributed by atoms with Crippen molar-refractivity contribution in [1.29, 1.82) is 0 Å². The van der Waals surface area contributed by atoms with E-state index >= 15 is 0 Å². The highest BCUT2D eigenvalue weighted by atomic mass is 35.5. The van der Waals surface area contributed by atoms with E-state index in [2.05, 4.69) is 10.0 Å². The van der Waals surface area contributed by atoms with E-state index < -0.39 is 27.5 Å². The molecule has 2 N–H and O–H groups in total. The average Bonchev–Trinajstić information content (AvgIpc) is 2.38. The molecule has 0 amide bonds. The van der Waals surface area contributed by atoms with Gasteiger partial charge in [-0.3, -0.25) is 0 Å². The number of benzene rings is 1. The highest BCUT2D eigenvalue weighted by Crippen LogP contribution is 2.32. The zero-order valence-electron chi connectivity index (χ0n) is 11.7. The predicted molar refractivity (Wildman–Crippen MR) is 80.3 cm³/mol. The number of nitrogens with one attached hydrogen (secondary N) is 2. The molecule has 1 aromatic rings. The fraction of sp³-hybridized carbons (Fsp3) is 0.538. The van der Waals surface area contributed by atoms with Crippen molar-refractivity contribution in [2.45, 2.75) is 30.8 Å². The van der Waals surface area contributed by atoms with Crippen LogP contribution in [0.3, 0.4) is 0 Å². The summed E-state index contributed by atoms with van der Waals surface area (Å²) in [5.74, 6) is -0.667. The molecule has 1 aliphatic rings. The number of halogens is 4. The van der Waals surface area contributed by atoms with Crippen LogP contribution in [0.4, 0.5) is 13.2 Å². The van der Waals surface area contributed by atoms with Crippen molar-refractivity contribution in [2.24, 2.45) is 0 Å². The molecule has 1 aromatic carbocycles. The summed E-state index contributed by atoms with van der Waals surface area (Å²) in [7, 11) is -3.81. The molecule has 1 fully saturated rings. The van der Waals surface area contributed by atoms with E-state index in [4.69, 9.17) is 0 Å². The van der Waals surface area contributed by atoms with Crippen LogP contribution in [0.1, 0.15) is 24.0 Å². The van der Waals surface area contributed by atoms with Gasteiger partial charge < -0.3 is 5.32 Å². The molecule has 0 saturated carbocycles. The SMILES string of the molecule is Cl.O=S(=O)(Cc1ccccc1C(F)(F)F)NC1CCCNC1. The smallest absolute Gasteiger partial charge is 0.315 e. The maximum absolute atomic E-state index is 12.9. The van der Waals surface area contributed by atoms with Crippen molar-refractivity contribution in [1.82, 2.24) is 10.0 Å². The van der Waals surface area contributed by atoms with Crippen LogP contribution >= 0.6 is 12.4 Å². The Morgan fingerprint density at radius 2 is 1.95 bits per heavy atom. The lowest BCUT2D eigenvalue weighted by atomic mass is 10.1. The van der Waals surface area contributed by atoms with E-state index in [1.54, 1.807) is 0 Å². The van der Waals surface area contributed by atoms with Crippen molar-refractivity contribution in [3.05, 3.63) is 35.4 Å². The van der Waals surface area contributed by atoms with Gasteiger partial charge in [0.1, 0.15) is 0 Å². The summed E-state index contributed by atoms with van der Waals surface area (Å²) in [6.45, 7) is 1.33. The molecule has 1 saturated heterocycles. The lowest BCUT2D eigenvalue weighted by Gasteiger charge is -2.24. The Labute approximate surface area is 133 Å². The summed E-state index contributed by atoms with van der Waals surface area (Å²) in [5, 5.41) is 3.05. The average molecular weight is 359 g/mol. The van der Waals surface area contributed by atoms with E-state index in [-0.39, 0.29) is 24.0 Å². The lowest BCUT2D eigenvalue weighted by molar-refractivity contribution is -0.138. The summed E-state index contributed by atoms with van der Waals surface area (Å²) in [6.07, 6.45) is -3.03. The molecule has 1 atom stereocenters. The number of hydrogen-bond donors (Lipinski definition) is 2. The number of rotatable bonds is 4. The van der Waals surface area contributed by atoms with Crippen molar-refractivity contribution in [3.63, 3.8) is 0 Å². The largest absolute Gasteiger partial charge is 0.416 e. The Balaban J connectivity index is 0.00000242. The van der Waals surface area contributed by atoms with Gasteiger partial charge in [-0.1, -0.05) is 18.2 Å². The molecule has 2 rings (SSSR count). The van der Waals surface area contributed by atoms with Crippen LogP contribution in [0.15, 0.2) is 24.3 Å². The molecule has 4 nitrogen and oxygen atoms in total. The number of piperidine rings is 1. The summed E-state index contributed by atoms with van der Waals surface area (Å²) >= 11 is 0. The van der Waals surface area contributed by atoms with Crippen molar-refractivity contribution >= 4 is 22.4 Å². The fourth-order valence-corrected chi connectivity index (χ4v) is 3.83. The molecular weight excluding hydrogens is 341 g/mol. The van der Waals surface area contributed by atoms with Gasteiger partial charge in [0.2, 0.25) is 10.0 Å². The number of hydrogen-bond acceptors (Lipinski definition) is 3. The quantitative estimate of drug-likeness (QED) is 0.868. The predicted octanol–water partition coefficient (Wildman–Crippen LogP) is 2.30. The number of sulfonamides is 1. The normalized spacial score (nSPS) is 19.5. The van der Waals surface area contributed by atoms with Crippen molar-refractivity contribution in [3.8, 4) is 0 Å². The maximum Gasteiger partial charge on any atom is 0.416 e. The Morgan fingerprint density at radius 1 is 1.27 bits per heavy atom. The third-order valence-corrected chi connectivity index (χ3v) is 4.69. The van der Waals surface area contributed by atoms with Gasteiger partial charge >= 0.3 is 6.18 Å². The van der Waals surface area contributed by atoms with Gasteiger partial charge in [-0.2, -0.15) is 13.2 Å². The summed E-state index contributed by atoms with van der Waals surface area (Å²) in [5.41, 5.74) is -1.14. The zero-order chi connectivity index (χ0) is 15.5. The molecule has 1 unspecified atom stereocenters. The minimum atomic E-state index is -4.56. The second-order valence-corrected chi connectivity index (χ2v) is 6.83. The first kappa shape index (κ1) is 19.2. The van der Waals surface area contributed by atoms with Crippen LogP contribution in [0.5, 0.6) is 0 Å². The standard InChI is InChI=1S/C13H17F3N2O2S.ClH/c14-13(15,16)12-6-2-1-4-10(12)9-21(19,20)18-11-5-3-7-17-8-11;/h1-2,4,6,11,17-18H,3,5,7-9H2;1H. The summed E-state index contributed by atoms with van der Waals surface area (Å²) < 4.78 is 65.1. The van der Waals surface area contributed by atoms with Crippen LogP contribution in [-0.4, -0.2) is 27.5 Å². The second-order valence-electron chi connectivity index (χ2n) is 5.08. The Bertz CT molecular complexity index is 587. The molecule has 9 heteroatoms. The van der Waals surface area contributed by atoms with Gasteiger partial charge in [0.25, 0.3) is 0 Å². The Morgan fingerprint density at radius 3 is 2.55 bits per heavy atom. The van der Waals surface area contributed by atoms with Gasteiger partial charge in [-0.15, -0.1) is 12.4 Å². The Kier molecular flexibility index (Phi) is 6.66. The van der Waals surface area contributed by atoms with E-state index in [1.165, 1.54) is 18.2 Å². The van der Waals surface area contributed by atoms with Crippen molar-refractivity contribution in [2.75, 3.05) is 13.1 Å². The van der Waals surface area contributed by atoms with Crippen LogP contribution in [0.25, 0.3) is 0 Å². The van der Waals surface area contributed by atoms with Crippen LogP contribution in [0, 0.1) is 0 Å². The minimum Gasteiger partial charge on any atom is -0.315 e. The third-order valence-electron chi connectivity index (χ3n) is 3.31. The first-order valence-electron chi connectivity index (χ1n) is 6.64. The molecule has 0 bridgehead atoms. The molecule has 22 heavy (non-hydrogen) atoms. The fourth-order valence-electron chi connectivity index (χ4n) is 2.38. The summed E-state index contributed by atoms with van der Waals surface area (Å²) in [4.78, 5) is 0. The third kappa shape index (κ3) is 5.42. The van der Waals surface area contributed by atoms with E-state index in [0.29, 0.717) is 13.0 Å². The maximum atomic E-state index is 12.9. The van der Waals surface area contributed by atoms with Gasteiger partial charge in [-0.25, -0.2) is 13.1 Å². The van der Waals surface area contributed by atoms with E-state index in [9.17, 15) is 21.6 Å². The summed E-state index contributed by atoms with van der Waals surface area (Å²) in [6, 6.07) is 4.48. The van der Waals surface area contributed by atoms with Crippen molar-refractivity contribution < 1.29 is 21.6 Å². The molecule has 0 aliphatic carbocycles. The highest BCUT2D eigenvalue weighted by Gasteiger charge is 2.34. The number of alkyl halides is 3. The van der Waals surface area contributed by atoms with Gasteiger partial charge in [0, 0.05) is 12.6 Å². The topological polar surface area (TPSA) is 58.2 Å². The van der Waals surface area contributed by atoms with Gasteiger partial charge in [0.05, 0.1) is 11.3 Å². The molecule has 126 valence electrons. The first-order valence-corrected chi connectivity index (χ1v) is 8.29. The minimum absolute atomic E-state index is 0. The Hall–Kier alpha value is -0.830. The lowest BCUT2D eigenvalue weighted by Crippen LogP contribution is -2.45.